The van der Waals surface area contributed by atoms with Gasteiger partial charge in [0.2, 0.25) is 0 Å². The van der Waals surface area contributed by atoms with Gasteiger partial charge in [-0.3, -0.25) is 9.78 Å². The molecule has 2 aromatic rings. The quantitative estimate of drug-likeness (QED) is 0.881. The van der Waals surface area contributed by atoms with E-state index in [9.17, 15) is 14.0 Å². The molecule has 98 valence electrons. The summed E-state index contributed by atoms with van der Waals surface area (Å²) in [6, 6.07) is 1.26. The van der Waals surface area contributed by atoms with E-state index in [1.54, 1.807) is 0 Å². The molecule has 2 heterocycles. The molecule has 0 unspecified atom stereocenters. The van der Waals surface area contributed by atoms with Crippen LogP contribution in [0, 0.1) is 5.82 Å². The molecule has 8 heteroatoms. The van der Waals surface area contributed by atoms with Gasteiger partial charge in [-0.25, -0.2) is 14.2 Å². The zero-order chi connectivity index (χ0) is 13.8. The second-order valence-electron chi connectivity index (χ2n) is 3.47. The van der Waals surface area contributed by atoms with Crippen molar-refractivity contribution < 1.29 is 19.1 Å². The lowest BCUT2D eigenvalue weighted by Gasteiger charge is -2.03. The topological polar surface area (TPSA) is 92.2 Å². The largest absolute Gasteiger partial charge is 0.476 e. The summed E-state index contributed by atoms with van der Waals surface area (Å²) in [6.45, 7) is 0.0402. The Labute approximate surface area is 110 Å². The number of hydrogen-bond donors (Lipinski definition) is 2. The highest BCUT2D eigenvalue weighted by atomic mass is 32.1. The summed E-state index contributed by atoms with van der Waals surface area (Å²) in [6.07, 6.45) is 2.25. The van der Waals surface area contributed by atoms with Crippen molar-refractivity contribution in [1.82, 2.24) is 15.3 Å². The van der Waals surface area contributed by atoms with Crippen molar-refractivity contribution in [2.24, 2.45) is 0 Å². The fraction of sp³-hybridized carbons (Fsp3) is 0.0909. The Balaban J connectivity index is 2.00. The lowest BCUT2D eigenvalue weighted by atomic mass is 10.2. The van der Waals surface area contributed by atoms with Gasteiger partial charge in [-0.2, -0.15) is 0 Å². The summed E-state index contributed by atoms with van der Waals surface area (Å²) >= 11 is 1.11. The van der Waals surface area contributed by atoms with Crippen LogP contribution in [0.25, 0.3) is 0 Å². The van der Waals surface area contributed by atoms with Gasteiger partial charge >= 0.3 is 5.97 Å². The standard InChI is InChI=1S/C11H8FN3O3S/c12-7-3-13-2-1-6(7)10(16)14-4-9-15-8(5-19-9)11(17)18/h1-3,5H,4H2,(H,14,16)(H,17,18). The first-order valence-corrected chi connectivity index (χ1v) is 6.01. The summed E-state index contributed by atoms with van der Waals surface area (Å²) in [5.74, 6) is -2.45. The molecule has 0 saturated carbocycles. The maximum Gasteiger partial charge on any atom is 0.355 e. The second kappa shape index (κ2) is 5.53. The Kier molecular flexibility index (Phi) is 3.81. The molecule has 0 fully saturated rings. The second-order valence-corrected chi connectivity index (χ2v) is 4.41. The molecule has 0 aliphatic carbocycles. The number of amides is 1. The Morgan fingerprint density at radius 1 is 1.47 bits per heavy atom. The van der Waals surface area contributed by atoms with Gasteiger partial charge in [-0.15, -0.1) is 11.3 Å². The third-order valence-corrected chi connectivity index (χ3v) is 3.04. The minimum Gasteiger partial charge on any atom is -0.476 e. The van der Waals surface area contributed by atoms with Crippen LogP contribution in [0.15, 0.2) is 23.8 Å². The third-order valence-electron chi connectivity index (χ3n) is 2.19. The van der Waals surface area contributed by atoms with E-state index in [2.05, 4.69) is 15.3 Å². The molecule has 0 atom stereocenters. The van der Waals surface area contributed by atoms with E-state index in [0.29, 0.717) is 5.01 Å². The average molecular weight is 281 g/mol. The average Bonchev–Trinajstić information content (AvgIpc) is 2.85. The molecular formula is C11H8FN3O3S. The van der Waals surface area contributed by atoms with Crippen molar-refractivity contribution in [2.75, 3.05) is 0 Å². The van der Waals surface area contributed by atoms with Crippen molar-refractivity contribution in [2.45, 2.75) is 6.54 Å². The van der Waals surface area contributed by atoms with Crippen molar-refractivity contribution in [3.05, 3.63) is 45.9 Å². The Morgan fingerprint density at radius 2 is 2.26 bits per heavy atom. The minimum atomic E-state index is -1.13. The van der Waals surface area contributed by atoms with Crippen LogP contribution in [-0.4, -0.2) is 27.0 Å². The number of rotatable bonds is 4. The van der Waals surface area contributed by atoms with Gasteiger partial charge in [-0.1, -0.05) is 0 Å². The Hall–Kier alpha value is -2.35. The maximum atomic E-state index is 13.3. The number of thiazole rings is 1. The van der Waals surface area contributed by atoms with Gasteiger partial charge in [0.05, 0.1) is 18.3 Å². The first kappa shape index (κ1) is 13.1. The van der Waals surface area contributed by atoms with E-state index in [1.165, 1.54) is 17.6 Å². The van der Waals surface area contributed by atoms with Crippen LogP contribution in [-0.2, 0) is 6.54 Å². The van der Waals surface area contributed by atoms with Crippen molar-refractivity contribution in [3.63, 3.8) is 0 Å². The number of hydrogen-bond acceptors (Lipinski definition) is 5. The van der Waals surface area contributed by atoms with Crippen molar-refractivity contribution in [3.8, 4) is 0 Å². The number of carbonyl (C=O) groups excluding carboxylic acids is 1. The Morgan fingerprint density at radius 3 is 2.89 bits per heavy atom. The first-order valence-electron chi connectivity index (χ1n) is 5.13. The first-order chi connectivity index (χ1) is 9.08. The lowest BCUT2D eigenvalue weighted by Crippen LogP contribution is -2.23. The maximum absolute atomic E-state index is 13.3. The highest BCUT2D eigenvalue weighted by molar-refractivity contribution is 7.09. The molecule has 2 rings (SSSR count). The van der Waals surface area contributed by atoms with Crippen LogP contribution in [0.4, 0.5) is 4.39 Å². The molecule has 0 radical (unpaired) electrons. The fourth-order valence-corrected chi connectivity index (χ4v) is 2.01. The van der Waals surface area contributed by atoms with Crippen molar-refractivity contribution in [1.29, 1.82) is 0 Å². The number of aromatic nitrogens is 2. The number of carbonyl (C=O) groups is 2. The summed E-state index contributed by atoms with van der Waals surface area (Å²) < 4.78 is 13.3. The van der Waals surface area contributed by atoms with Gasteiger partial charge in [0.25, 0.3) is 5.91 Å². The molecule has 2 N–H and O–H groups in total. The molecule has 0 aliphatic rings. The van der Waals surface area contributed by atoms with Gasteiger partial charge in [0.15, 0.2) is 11.5 Å². The Bertz CT molecular complexity index is 629. The van der Waals surface area contributed by atoms with Crippen LogP contribution in [0.5, 0.6) is 0 Å². The summed E-state index contributed by atoms with van der Waals surface area (Å²) in [5, 5.41) is 12.9. The zero-order valence-corrected chi connectivity index (χ0v) is 10.3. The van der Waals surface area contributed by atoms with Gasteiger partial charge in [0.1, 0.15) is 5.01 Å². The monoisotopic (exact) mass is 281 g/mol. The number of aromatic carboxylic acids is 1. The molecule has 1 amide bonds. The molecule has 0 aromatic carbocycles. The van der Waals surface area contributed by atoms with E-state index in [4.69, 9.17) is 5.11 Å². The summed E-state index contributed by atoms with van der Waals surface area (Å²) in [4.78, 5) is 29.6. The molecular weight excluding hydrogens is 273 g/mol. The van der Waals surface area contributed by atoms with E-state index in [-0.39, 0.29) is 17.8 Å². The number of carboxylic acid groups (broad SMARTS) is 1. The number of pyridine rings is 1. The normalized spacial score (nSPS) is 10.2. The van der Waals surface area contributed by atoms with E-state index in [1.807, 2.05) is 0 Å². The van der Waals surface area contributed by atoms with Crippen LogP contribution in [0.2, 0.25) is 0 Å². The number of nitrogens with one attached hydrogen (secondary N) is 1. The molecule has 0 spiro atoms. The molecule has 2 aromatic heterocycles. The minimum absolute atomic E-state index is 0.0402. The van der Waals surface area contributed by atoms with Crippen LogP contribution in [0.1, 0.15) is 25.9 Å². The summed E-state index contributed by atoms with van der Waals surface area (Å²) in [5.41, 5.74) is -0.200. The predicted octanol–water partition coefficient (Wildman–Crippen LogP) is 1.31. The predicted molar refractivity (Wildman–Crippen MR) is 64.4 cm³/mol. The molecule has 6 nitrogen and oxygen atoms in total. The number of carboxylic acids is 1. The number of nitrogens with zero attached hydrogens (tertiary/aromatic N) is 2. The molecule has 0 saturated heterocycles. The summed E-state index contributed by atoms with van der Waals surface area (Å²) in [7, 11) is 0. The molecule has 0 bridgehead atoms. The molecule has 19 heavy (non-hydrogen) atoms. The smallest absolute Gasteiger partial charge is 0.355 e. The zero-order valence-electron chi connectivity index (χ0n) is 9.46. The van der Waals surface area contributed by atoms with Crippen LogP contribution >= 0.6 is 11.3 Å². The third kappa shape index (κ3) is 3.10. The van der Waals surface area contributed by atoms with E-state index in [0.717, 1.165) is 17.5 Å². The van der Waals surface area contributed by atoms with Crippen molar-refractivity contribution >= 4 is 23.2 Å². The van der Waals surface area contributed by atoms with Gasteiger partial charge in [-0.05, 0) is 6.07 Å². The lowest BCUT2D eigenvalue weighted by molar-refractivity contribution is 0.0691. The van der Waals surface area contributed by atoms with E-state index >= 15 is 0 Å². The highest BCUT2D eigenvalue weighted by Gasteiger charge is 2.13. The molecule has 0 aliphatic heterocycles. The van der Waals surface area contributed by atoms with Crippen LogP contribution < -0.4 is 5.32 Å². The van der Waals surface area contributed by atoms with E-state index < -0.39 is 17.7 Å². The van der Waals surface area contributed by atoms with Crippen LogP contribution in [0.3, 0.4) is 0 Å². The fourth-order valence-electron chi connectivity index (χ4n) is 1.30. The number of halogens is 1. The highest BCUT2D eigenvalue weighted by Crippen LogP contribution is 2.10. The van der Waals surface area contributed by atoms with Gasteiger partial charge < -0.3 is 10.4 Å². The SMILES string of the molecule is O=C(O)c1csc(CNC(=O)c2ccncc2F)n1. The van der Waals surface area contributed by atoms with Gasteiger partial charge in [0, 0.05) is 11.6 Å².